The number of nitrogen functional groups attached to an aromatic ring is 1. The number of carbonyl (C=O) groups is 1. The van der Waals surface area contributed by atoms with Gasteiger partial charge in [0.25, 0.3) is 5.69 Å². The van der Waals surface area contributed by atoms with E-state index in [1.807, 2.05) is 0 Å². The number of nitro groups is 1. The van der Waals surface area contributed by atoms with Crippen molar-refractivity contribution in [3.8, 4) is 0 Å². The number of rotatable bonds is 7. The normalized spacial score (nSPS) is 11.7. The molecule has 0 aliphatic heterocycles. The zero-order valence-corrected chi connectivity index (χ0v) is 10.6. The summed E-state index contributed by atoms with van der Waals surface area (Å²) in [5, 5.41) is 31.8. The zero-order chi connectivity index (χ0) is 15.3. The molecule has 108 valence electrons. The van der Waals surface area contributed by atoms with Gasteiger partial charge in [-0.3, -0.25) is 10.1 Å². The Bertz CT molecular complexity index is 544. The first-order valence-corrected chi connectivity index (χ1v) is 5.70. The standard InChI is InChI=1S/C12H15N3O5/c1-2-3-8(6-16)14-11-9(13)4-7(12(17)18)5-10(11)15(19)20/h2,4-5,8,14,16H,1,3,6,13H2,(H,17,18). The third kappa shape index (κ3) is 3.45. The highest BCUT2D eigenvalue weighted by molar-refractivity contribution is 5.93. The van der Waals surface area contributed by atoms with E-state index in [4.69, 9.17) is 15.9 Å². The number of nitro benzene ring substituents is 1. The molecule has 0 saturated carbocycles. The Morgan fingerprint density at radius 1 is 1.60 bits per heavy atom. The van der Waals surface area contributed by atoms with Crippen LogP contribution in [-0.2, 0) is 0 Å². The van der Waals surface area contributed by atoms with Crippen molar-refractivity contribution >= 4 is 23.0 Å². The lowest BCUT2D eigenvalue weighted by Gasteiger charge is -2.17. The first-order valence-electron chi connectivity index (χ1n) is 5.70. The highest BCUT2D eigenvalue weighted by Gasteiger charge is 2.22. The van der Waals surface area contributed by atoms with Gasteiger partial charge in [0.15, 0.2) is 0 Å². The molecule has 0 saturated heterocycles. The topological polar surface area (TPSA) is 139 Å². The monoisotopic (exact) mass is 281 g/mol. The van der Waals surface area contributed by atoms with Crippen molar-refractivity contribution in [1.29, 1.82) is 0 Å². The van der Waals surface area contributed by atoms with E-state index in [9.17, 15) is 14.9 Å². The molecule has 0 amide bonds. The molecule has 8 nitrogen and oxygen atoms in total. The van der Waals surface area contributed by atoms with E-state index in [1.165, 1.54) is 0 Å². The van der Waals surface area contributed by atoms with Gasteiger partial charge in [0.05, 0.1) is 28.8 Å². The molecule has 0 bridgehead atoms. The Kier molecular flexibility index (Phi) is 5.04. The van der Waals surface area contributed by atoms with Gasteiger partial charge in [0.1, 0.15) is 5.69 Å². The summed E-state index contributed by atoms with van der Waals surface area (Å²) in [6.45, 7) is 3.24. The van der Waals surface area contributed by atoms with Crippen LogP contribution in [0, 0.1) is 10.1 Å². The fourth-order valence-electron chi connectivity index (χ4n) is 1.66. The van der Waals surface area contributed by atoms with Gasteiger partial charge in [0.2, 0.25) is 0 Å². The van der Waals surface area contributed by atoms with Crippen LogP contribution in [0.5, 0.6) is 0 Å². The van der Waals surface area contributed by atoms with Crippen molar-refractivity contribution in [3.05, 3.63) is 40.5 Å². The van der Waals surface area contributed by atoms with Crippen LogP contribution >= 0.6 is 0 Å². The molecular weight excluding hydrogens is 266 g/mol. The van der Waals surface area contributed by atoms with Crippen LogP contribution in [0.2, 0.25) is 0 Å². The summed E-state index contributed by atoms with van der Waals surface area (Å²) in [7, 11) is 0. The second kappa shape index (κ2) is 6.53. The van der Waals surface area contributed by atoms with Gasteiger partial charge in [-0.25, -0.2) is 4.79 Å². The van der Waals surface area contributed by atoms with E-state index in [2.05, 4.69) is 11.9 Å². The number of nitrogens with zero attached hydrogens (tertiary/aromatic N) is 1. The number of benzene rings is 1. The number of hydrogen-bond donors (Lipinski definition) is 4. The number of carboxylic acid groups (broad SMARTS) is 1. The number of aliphatic hydroxyl groups is 1. The van der Waals surface area contributed by atoms with Crippen molar-refractivity contribution in [2.45, 2.75) is 12.5 Å². The quantitative estimate of drug-likeness (QED) is 0.255. The van der Waals surface area contributed by atoms with Gasteiger partial charge in [-0.1, -0.05) is 6.08 Å². The molecule has 1 rings (SSSR count). The van der Waals surface area contributed by atoms with Gasteiger partial charge in [0, 0.05) is 6.07 Å². The van der Waals surface area contributed by atoms with Crippen LogP contribution in [-0.4, -0.2) is 33.8 Å². The van der Waals surface area contributed by atoms with Gasteiger partial charge in [-0.2, -0.15) is 0 Å². The fourth-order valence-corrected chi connectivity index (χ4v) is 1.66. The van der Waals surface area contributed by atoms with Gasteiger partial charge >= 0.3 is 5.97 Å². The minimum absolute atomic E-state index is 0.0131. The lowest BCUT2D eigenvalue weighted by atomic mass is 10.1. The Morgan fingerprint density at radius 2 is 2.25 bits per heavy atom. The van der Waals surface area contributed by atoms with Crippen LogP contribution in [0.15, 0.2) is 24.8 Å². The van der Waals surface area contributed by atoms with Crippen molar-refractivity contribution in [1.82, 2.24) is 0 Å². The zero-order valence-electron chi connectivity index (χ0n) is 10.6. The van der Waals surface area contributed by atoms with E-state index in [1.54, 1.807) is 6.08 Å². The average molecular weight is 281 g/mol. The number of aliphatic hydroxyl groups excluding tert-OH is 1. The molecule has 0 heterocycles. The second-order valence-electron chi connectivity index (χ2n) is 4.07. The first-order chi connectivity index (χ1) is 9.40. The number of nitrogens with two attached hydrogens (primary N) is 1. The summed E-state index contributed by atoms with van der Waals surface area (Å²) in [4.78, 5) is 21.2. The molecular formula is C12H15N3O5. The summed E-state index contributed by atoms with van der Waals surface area (Å²) >= 11 is 0. The summed E-state index contributed by atoms with van der Waals surface area (Å²) in [5.74, 6) is -1.31. The number of hydrogen-bond acceptors (Lipinski definition) is 6. The van der Waals surface area contributed by atoms with Crippen molar-refractivity contribution in [2.75, 3.05) is 17.7 Å². The van der Waals surface area contributed by atoms with Crippen molar-refractivity contribution in [3.63, 3.8) is 0 Å². The Morgan fingerprint density at radius 3 is 2.70 bits per heavy atom. The summed E-state index contributed by atoms with van der Waals surface area (Å²) < 4.78 is 0. The molecule has 1 atom stereocenters. The van der Waals surface area contributed by atoms with Crippen LogP contribution in [0.4, 0.5) is 17.1 Å². The lowest BCUT2D eigenvalue weighted by Crippen LogP contribution is -2.24. The maximum atomic E-state index is 11.0. The van der Waals surface area contributed by atoms with E-state index in [0.29, 0.717) is 6.42 Å². The van der Waals surface area contributed by atoms with E-state index in [-0.39, 0.29) is 23.5 Å². The molecule has 0 aromatic heterocycles. The van der Waals surface area contributed by atoms with Crippen LogP contribution < -0.4 is 11.1 Å². The molecule has 0 aliphatic carbocycles. The maximum Gasteiger partial charge on any atom is 0.336 e. The summed E-state index contributed by atoms with van der Waals surface area (Å²) in [6.07, 6.45) is 1.91. The van der Waals surface area contributed by atoms with Crippen molar-refractivity contribution in [2.24, 2.45) is 0 Å². The molecule has 0 fully saturated rings. The lowest BCUT2D eigenvalue weighted by molar-refractivity contribution is -0.383. The smallest absolute Gasteiger partial charge is 0.336 e. The Labute approximate surface area is 114 Å². The van der Waals surface area contributed by atoms with Crippen LogP contribution in [0.3, 0.4) is 0 Å². The molecule has 0 radical (unpaired) electrons. The number of carboxylic acids is 1. The minimum atomic E-state index is -1.31. The predicted octanol–water partition coefficient (Wildman–Crippen LogP) is 1.22. The third-order valence-electron chi connectivity index (χ3n) is 2.61. The predicted molar refractivity (Wildman–Crippen MR) is 73.8 cm³/mol. The van der Waals surface area contributed by atoms with Gasteiger partial charge < -0.3 is 21.3 Å². The van der Waals surface area contributed by atoms with Gasteiger partial charge in [-0.15, -0.1) is 6.58 Å². The maximum absolute atomic E-state index is 11.0. The minimum Gasteiger partial charge on any atom is -0.478 e. The molecule has 1 unspecified atom stereocenters. The fraction of sp³-hybridized carbons (Fsp3) is 0.250. The average Bonchev–Trinajstić information content (AvgIpc) is 2.39. The second-order valence-corrected chi connectivity index (χ2v) is 4.07. The number of nitrogens with one attached hydrogen (secondary N) is 1. The molecule has 5 N–H and O–H groups in total. The molecule has 1 aromatic rings. The van der Waals surface area contributed by atoms with Gasteiger partial charge in [-0.05, 0) is 12.5 Å². The molecule has 0 spiro atoms. The van der Waals surface area contributed by atoms with Crippen LogP contribution in [0.25, 0.3) is 0 Å². The SMILES string of the molecule is C=CCC(CO)Nc1c(N)cc(C(=O)O)cc1[N+](=O)[O-]. The van der Waals surface area contributed by atoms with E-state index < -0.39 is 22.6 Å². The van der Waals surface area contributed by atoms with Crippen LogP contribution in [0.1, 0.15) is 16.8 Å². The first kappa shape index (κ1) is 15.4. The molecule has 1 aromatic carbocycles. The van der Waals surface area contributed by atoms with E-state index in [0.717, 1.165) is 12.1 Å². The largest absolute Gasteiger partial charge is 0.478 e. The van der Waals surface area contributed by atoms with Crippen molar-refractivity contribution < 1.29 is 19.9 Å². The van der Waals surface area contributed by atoms with E-state index >= 15 is 0 Å². The summed E-state index contributed by atoms with van der Waals surface area (Å²) in [5.41, 5.74) is 4.85. The summed E-state index contributed by atoms with van der Waals surface area (Å²) in [6, 6.07) is 1.55. The Hall–Kier alpha value is -2.61. The highest BCUT2D eigenvalue weighted by atomic mass is 16.6. The highest BCUT2D eigenvalue weighted by Crippen LogP contribution is 2.33. The Balaban J connectivity index is 3.26. The molecule has 20 heavy (non-hydrogen) atoms. The molecule has 8 heteroatoms. The molecule has 0 aliphatic rings. The number of aromatic carboxylic acids is 1. The number of anilines is 2. The third-order valence-corrected chi connectivity index (χ3v) is 2.61.